The van der Waals surface area contributed by atoms with Crippen LogP contribution in [0.2, 0.25) is 0 Å². The molecule has 44 valence electrons. The van der Waals surface area contributed by atoms with Crippen molar-refractivity contribution in [3.63, 3.8) is 0 Å². The van der Waals surface area contributed by atoms with E-state index in [-0.39, 0.29) is 6.73 Å². The first-order valence-corrected chi connectivity index (χ1v) is 2.31. The van der Waals surface area contributed by atoms with Crippen LogP contribution in [0.15, 0.2) is 22.8 Å². The SMILES string of the molecule is OCNc1ccco1. The zero-order valence-corrected chi connectivity index (χ0v) is 4.29. The second kappa shape index (κ2) is 2.37. The molecule has 1 aromatic rings. The second-order valence-electron chi connectivity index (χ2n) is 1.31. The molecule has 0 saturated heterocycles. The third kappa shape index (κ3) is 1.01. The van der Waals surface area contributed by atoms with E-state index in [1.54, 1.807) is 12.1 Å². The number of hydrogen-bond donors (Lipinski definition) is 2. The normalized spacial score (nSPS) is 9.12. The van der Waals surface area contributed by atoms with E-state index in [1.807, 2.05) is 0 Å². The van der Waals surface area contributed by atoms with E-state index in [1.165, 1.54) is 6.26 Å². The number of aliphatic hydroxyl groups excluding tert-OH is 1. The zero-order chi connectivity index (χ0) is 5.82. The molecule has 0 radical (unpaired) electrons. The largest absolute Gasteiger partial charge is 0.449 e. The Morgan fingerprint density at radius 3 is 3.12 bits per heavy atom. The number of furan rings is 1. The summed E-state index contributed by atoms with van der Waals surface area (Å²) in [5.41, 5.74) is 0. The molecular formula is C5H7NO2. The molecule has 0 unspecified atom stereocenters. The Balaban J connectivity index is 2.50. The van der Waals surface area contributed by atoms with Gasteiger partial charge in [0.05, 0.1) is 6.26 Å². The minimum Gasteiger partial charge on any atom is -0.449 e. The molecule has 0 saturated carbocycles. The lowest BCUT2D eigenvalue weighted by Crippen LogP contribution is -1.96. The van der Waals surface area contributed by atoms with E-state index >= 15 is 0 Å². The number of rotatable bonds is 2. The van der Waals surface area contributed by atoms with Gasteiger partial charge in [-0.05, 0) is 6.07 Å². The molecule has 8 heavy (non-hydrogen) atoms. The Morgan fingerprint density at radius 1 is 1.75 bits per heavy atom. The van der Waals surface area contributed by atoms with Gasteiger partial charge in [-0.1, -0.05) is 0 Å². The molecule has 3 nitrogen and oxygen atoms in total. The maximum absolute atomic E-state index is 8.27. The Morgan fingerprint density at radius 2 is 2.62 bits per heavy atom. The highest BCUT2D eigenvalue weighted by Crippen LogP contribution is 2.04. The molecule has 3 heteroatoms. The van der Waals surface area contributed by atoms with Gasteiger partial charge in [0.15, 0.2) is 5.88 Å². The highest BCUT2D eigenvalue weighted by atomic mass is 16.3. The monoisotopic (exact) mass is 113 g/mol. The van der Waals surface area contributed by atoms with Crippen LogP contribution in [0.5, 0.6) is 0 Å². The van der Waals surface area contributed by atoms with Crippen molar-refractivity contribution >= 4 is 5.88 Å². The smallest absolute Gasteiger partial charge is 0.194 e. The van der Waals surface area contributed by atoms with Crippen LogP contribution in [-0.2, 0) is 0 Å². The predicted octanol–water partition coefficient (Wildman–Crippen LogP) is 0.641. The highest BCUT2D eigenvalue weighted by molar-refractivity contribution is 5.28. The van der Waals surface area contributed by atoms with Crippen molar-refractivity contribution < 1.29 is 9.52 Å². The number of hydrogen-bond acceptors (Lipinski definition) is 3. The van der Waals surface area contributed by atoms with E-state index in [4.69, 9.17) is 9.52 Å². The number of aliphatic hydroxyl groups is 1. The summed E-state index contributed by atoms with van der Waals surface area (Å²) < 4.78 is 4.80. The van der Waals surface area contributed by atoms with Crippen LogP contribution in [0.1, 0.15) is 0 Å². The Bertz CT molecular complexity index is 136. The van der Waals surface area contributed by atoms with Crippen molar-refractivity contribution in [1.82, 2.24) is 0 Å². The van der Waals surface area contributed by atoms with Crippen LogP contribution in [0.4, 0.5) is 5.88 Å². The molecule has 0 aliphatic rings. The first kappa shape index (κ1) is 5.18. The summed E-state index contributed by atoms with van der Waals surface area (Å²) in [4.78, 5) is 0. The van der Waals surface area contributed by atoms with Crippen molar-refractivity contribution in [2.45, 2.75) is 0 Å². The fourth-order valence-corrected chi connectivity index (χ4v) is 0.457. The summed E-state index contributed by atoms with van der Waals surface area (Å²) in [6.45, 7) is -0.0898. The van der Waals surface area contributed by atoms with Crippen molar-refractivity contribution in [3.05, 3.63) is 18.4 Å². The minimum absolute atomic E-state index is 0.0898. The third-order valence-electron chi connectivity index (χ3n) is 0.774. The highest BCUT2D eigenvalue weighted by Gasteiger charge is 1.86. The molecule has 1 rings (SSSR count). The summed E-state index contributed by atoms with van der Waals surface area (Å²) in [5, 5.41) is 10.8. The molecular weight excluding hydrogens is 106 g/mol. The van der Waals surface area contributed by atoms with Crippen molar-refractivity contribution in [3.8, 4) is 0 Å². The van der Waals surface area contributed by atoms with E-state index in [0.29, 0.717) is 5.88 Å². The molecule has 1 aromatic heterocycles. The van der Waals surface area contributed by atoms with Crippen LogP contribution < -0.4 is 5.32 Å². The molecule has 1 heterocycles. The summed E-state index contributed by atoms with van der Waals surface area (Å²) in [7, 11) is 0. The lowest BCUT2D eigenvalue weighted by molar-refractivity contribution is 0.321. The van der Waals surface area contributed by atoms with E-state index in [2.05, 4.69) is 5.32 Å². The van der Waals surface area contributed by atoms with E-state index < -0.39 is 0 Å². The Kier molecular flexibility index (Phi) is 1.54. The first-order chi connectivity index (χ1) is 3.93. The predicted molar refractivity (Wildman–Crippen MR) is 29.4 cm³/mol. The lowest BCUT2D eigenvalue weighted by Gasteiger charge is -1.92. The fourth-order valence-electron chi connectivity index (χ4n) is 0.457. The van der Waals surface area contributed by atoms with Gasteiger partial charge in [-0.15, -0.1) is 0 Å². The van der Waals surface area contributed by atoms with Crippen molar-refractivity contribution in [2.75, 3.05) is 12.0 Å². The quantitative estimate of drug-likeness (QED) is 0.553. The maximum atomic E-state index is 8.27. The van der Waals surface area contributed by atoms with Gasteiger partial charge in [-0.2, -0.15) is 0 Å². The molecule has 0 spiro atoms. The molecule has 0 atom stereocenters. The van der Waals surface area contributed by atoms with Crippen molar-refractivity contribution in [2.24, 2.45) is 0 Å². The van der Waals surface area contributed by atoms with E-state index in [9.17, 15) is 0 Å². The van der Waals surface area contributed by atoms with Gasteiger partial charge >= 0.3 is 0 Å². The first-order valence-electron chi connectivity index (χ1n) is 2.31. The third-order valence-corrected chi connectivity index (χ3v) is 0.774. The van der Waals surface area contributed by atoms with Gasteiger partial charge in [0.25, 0.3) is 0 Å². The second-order valence-corrected chi connectivity index (χ2v) is 1.31. The standard InChI is InChI=1S/C5H7NO2/c7-4-6-5-2-1-3-8-5/h1-3,6-7H,4H2. The van der Waals surface area contributed by atoms with Gasteiger partial charge in [0, 0.05) is 6.07 Å². The molecule has 0 fully saturated rings. The molecule has 0 aliphatic carbocycles. The van der Waals surface area contributed by atoms with Gasteiger partial charge in [0.2, 0.25) is 0 Å². The zero-order valence-electron chi connectivity index (χ0n) is 4.29. The molecule has 0 aliphatic heterocycles. The maximum Gasteiger partial charge on any atom is 0.194 e. The van der Waals surface area contributed by atoms with Crippen LogP contribution in [0, 0.1) is 0 Å². The van der Waals surface area contributed by atoms with Gasteiger partial charge in [-0.3, -0.25) is 0 Å². The topological polar surface area (TPSA) is 45.4 Å². The Hall–Kier alpha value is -0.960. The lowest BCUT2D eigenvalue weighted by atomic mass is 10.6. The number of nitrogens with one attached hydrogen (secondary N) is 1. The van der Waals surface area contributed by atoms with Gasteiger partial charge in [0.1, 0.15) is 6.73 Å². The molecule has 0 amide bonds. The fraction of sp³-hybridized carbons (Fsp3) is 0.200. The number of anilines is 1. The van der Waals surface area contributed by atoms with Crippen LogP contribution in [0.25, 0.3) is 0 Å². The minimum atomic E-state index is -0.0898. The van der Waals surface area contributed by atoms with Gasteiger partial charge < -0.3 is 14.8 Å². The summed E-state index contributed by atoms with van der Waals surface area (Å²) >= 11 is 0. The van der Waals surface area contributed by atoms with Crippen LogP contribution in [-0.4, -0.2) is 11.8 Å². The van der Waals surface area contributed by atoms with E-state index in [0.717, 1.165) is 0 Å². The van der Waals surface area contributed by atoms with Crippen LogP contribution >= 0.6 is 0 Å². The molecule has 2 N–H and O–H groups in total. The Labute approximate surface area is 46.9 Å². The van der Waals surface area contributed by atoms with Crippen LogP contribution in [0.3, 0.4) is 0 Å². The summed E-state index contributed by atoms with van der Waals surface area (Å²) in [6.07, 6.45) is 1.54. The average molecular weight is 113 g/mol. The summed E-state index contributed by atoms with van der Waals surface area (Å²) in [5.74, 6) is 0.590. The van der Waals surface area contributed by atoms with Gasteiger partial charge in [-0.25, -0.2) is 0 Å². The van der Waals surface area contributed by atoms with Crippen molar-refractivity contribution in [1.29, 1.82) is 0 Å². The average Bonchev–Trinajstić information content (AvgIpc) is 2.19. The molecule has 0 aromatic carbocycles. The summed E-state index contributed by atoms with van der Waals surface area (Å²) in [6, 6.07) is 3.48. The molecule has 0 bridgehead atoms.